The molecule has 0 unspecified atom stereocenters. The summed E-state index contributed by atoms with van der Waals surface area (Å²) < 4.78 is 23.7. The molecule has 3 aromatic rings. The van der Waals surface area contributed by atoms with Crippen LogP contribution in [0.4, 0.5) is 15.9 Å². The van der Waals surface area contributed by atoms with Crippen molar-refractivity contribution in [3.05, 3.63) is 77.2 Å². The summed E-state index contributed by atoms with van der Waals surface area (Å²) in [5.41, 5.74) is 2.96. The van der Waals surface area contributed by atoms with E-state index >= 15 is 0 Å². The average molecular weight is 469 g/mol. The maximum Gasteiger partial charge on any atom is 0.255 e. The zero-order valence-electron chi connectivity index (χ0n) is 18.3. The van der Waals surface area contributed by atoms with Crippen molar-refractivity contribution in [2.24, 2.45) is 0 Å². The average Bonchev–Trinajstić information content (AvgIpc) is 2.85. The standard InChI is InChI=1S/C24H25FN4O3S/c1-31-15-21-14-22(29-10-12-32-13-11-29)28-24(27-21)33-16-17-2-4-18(5-3-17)23(30)26-20-8-6-19(25)7-9-20/h2-9,14H,10-13,15-16H2,1H3,(H,26,30). The van der Waals surface area contributed by atoms with Crippen LogP contribution in [0.25, 0.3) is 0 Å². The van der Waals surface area contributed by atoms with Gasteiger partial charge < -0.3 is 19.7 Å². The molecule has 0 saturated carbocycles. The molecule has 33 heavy (non-hydrogen) atoms. The SMILES string of the molecule is COCc1cc(N2CCOCC2)nc(SCc2ccc(C(=O)Nc3ccc(F)cc3)cc2)n1. The lowest BCUT2D eigenvalue weighted by atomic mass is 10.1. The second-order valence-electron chi connectivity index (χ2n) is 7.48. The Bertz CT molecular complexity index is 1070. The molecular weight excluding hydrogens is 443 g/mol. The number of hydrogen-bond donors (Lipinski definition) is 1. The van der Waals surface area contributed by atoms with Crippen molar-refractivity contribution in [1.82, 2.24) is 9.97 Å². The molecule has 1 amide bonds. The fourth-order valence-electron chi connectivity index (χ4n) is 3.34. The summed E-state index contributed by atoms with van der Waals surface area (Å²) >= 11 is 1.54. The molecule has 1 aliphatic rings. The lowest BCUT2D eigenvalue weighted by Crippen LogP contribution is -2.37. The summed E-state index contributed by atoms with van der Waals surface area (Å²) in [6.07, 6.45) is 0. The minimum absolute atomic E-state index is 0.244. The van der Waals surface area contributed by atoms with Gasteiger partial charge in [-0.05, 0) is 42.0 Å². The largest absolute Gasteiger partial charge is 0.378 e. The summed E-state index contributed by atoms with van der Waals surface area (Å²) in [7, 11) is 1.65. The zero-order valence-corrected chi connectivity index (χ0v) is 19.1. The minimum Gasteiger partial charge on any atom is -0.378 e. The fourth-order valence-corrected chi connectivity index (χ4v) is 4.17. The number of ether oxygens (including phenoxy) is 2. The van der Waals surface area contributed by atoms with E-state index in [1.165, 1.54) is 36.0 Å². The van der Waals surface area contributed by atoms with Crippen molar-refractivity contribution in [2.45, 2.75) is 17.5 Å². The molecule has 9 heteroatoms. The number of aromatic nitrogens is 2. The number of carbonyl (C=O) groups is 1. The van der Waals surface area contributed by atoms with Gasteiger partial charge in [-0.3, -0.25) is 4.79 Å². The number of thioether (sulfide) groups is 1. The van der Waals surface area contributed by atoms with Gasteiger partial charge in [0.2, 0.25) is 0 Å². The zero-order chi connectivity index (χ0) is 23.0. The van der Waals surface area contributed by atoms with Crippen LogP contribution in [0.3, 0.4) is 0 Å². The number of methoxy groups -OCH3 is 1. The highest BCUT2D eigenvalue weighted by molar-refractivity contribution is 7.98. The van der Waals surface area contributed by atoms with Gasteiger partial charge in [-0.2, -0.15) is 0 Å². The predicted molar refractivity (Wildman–Crippen MR) is 126 cm³/mol. The molecule has 7 nitrogen and oxygen atoms in total. The first kappa shape index (κ1) is 23.2. The van der Waals surface area contributed by atoms with Crippen LogP contribution in [0.15, 0.2) is 59.8 Å². The summed E-state index contributed by atoms with van der Waals surface area (Å²) in [5, 5.41) is 3.45. The van der Waals surface area contributed by atoms with Crippen LogP contribution in [-0.2, 0) is 21.8 Å². The number of rotatable bonds is 8. The third-order valence-corrected chi connectivity index (χ3v) is 5.98. The molecule has 1 fully saturated rings. The van der Waals surface area contributed by atoms with Gasteiger partial charge in [-0.15, -0.1) is 0 Å². The first-order valence-electron chi connectivity index (χ1n) is 10.6. The highest BCUT2D eigenvalue weighted by Gasteiger charge is 2.15. The third-order valence-electron chi connectivity index (χ3n) is 5.06. The van der Waals surface area contributed by atoms with E-state index in [1.807, 2.05) is 18.2 Å². The Hall–Kier alpha value is -3.01. The van der Waals surface area contributed by atoms with Crippen LogP contribution in [-0.4, -0.2) is 49.3 Å². The van der Waals surface area contributed by atoms with Crippen LogP contribution in [0.2, 0.25) is 0 Å². The quantitative estimate of drug-likeness (QED) is 0.393. The highest BCUT2D eigenvalue weighted by Crippen LogP contribution is 2.24. The molecule has 4 rings (SSSR count). The molecule has 0 aliphatic carbocycles. The van der Waals surface area contributed by atoms with Crippen LogP contribution >= 0.6 is 11.8 Å². The van der Waals surface area contributed by atoms with Gasteiger partial charge in [-0.25, -0.2) is 14.4 Å². The van der Waals surface area contributed by atoms with Crippen LogP contribution in [0.1, 0.15) is 21.6 Å². The Morgan fingerprint density at radius 1 is 1.12 bits per heavy atom. The number of carbonyl (C=O) groups excluding carboxylic acids is 1. The molecule has 2 heterocycles. The smallest absolute Gasteiger partial charge is 0.255 e. The molecule has 0 bridgehead atoms. The maximum absolute atomic E-state index is 13.0. The fraction of sp³-hybridized carbons (Fsp3) is 0.292. The number of nitrogens with one attached hydrogen (secondary N) is 1. The van der Waals surface area contributed by atoms with E-state index in [2.05, 4.69) is 15.2 Å². The Kier molecular flexibility index (Phi) is 7.87. The molecule has 1 aromatic heterocycles. The molecule has 172 valence electrons. The Balaban J connectivity index is 1.39. The number of hydrogen-bond acceptors (Lipinski definition) is 7. The molecule has 0 spiro atoms. The van der Waals surface area contributed by atoms with Gasteiger partial charge in [0.1, 0.15) is 11.6 Å². The van der Waals surface area contributed by atoms with E-state index in [0.717, 1.165) is 30.2 Å². The van der Waals surface area contributed by atoms with Gasteiger partial charge in [0.05, 0.1) is 25.5 Å². The number of morpholine rings is 1. The highest BCUT2D eigenvalue weighted by atomic mass is 32.2. The molecule has 0 atom stereocenters. The van der Waals surface area contributed by atoms with Crippen molar-refractivity contribution < 1.29 is 18.7 Å². The van der Waals surface area contributed by atoms with Crippen molar-refractivity contribution in [3.8, 4) is 0 Å². The van der Waals surface area contributed by atoms with E-state index in [1.54, 1.807) is 19.2 Å². The first-order valence-corrected chi connectivity index (χ1v) is 11.6. The summed E-state index contributed by atoms with van der Waals surface area (Å²) in [4.78, 5) is 24.0. The lowest BCUT2D eigenvalue weighted by Gasteiger charge is -2.28. The lowest BCUT2D eigenvalue weighted by molar-refractivity contribution is 0.102. The topological polar surface area (TPSA) is 76.6 Å². The number of amides is 1. The van der Waals surface area contributed by atoms with Crippen molar-refractivity contribution in [1.29, 1.82) is 0 Å². The van der Waals surface area contributed by atoms with E-state index in [4.69, 9.17) is 14.5 Å². The van der Waals surface area contributed by atoms with Gasteiger partial charge in [0.15, 0.2) is 5.16 Å². The number of benzene rings is 2. The Morgan fingerprint density at radius 2 is 1.85 bits per heavy atom. The van der Waals surface area contributed by atoms with Gasteiger partial charge in [0, 0.05) is 43.3 Å². The monoisotopic (exact) mass is 468 g/mol. The molecule has 0 radical (unpaired) electrons. The van der Waals surface area contributed by atoms with Crippen molar-refractivity contribution >= 4 is 29.2 Å². The summed E-state index contributed by atoms with van der Waals surface area (Å²) in [6, 6.07) is 15.0. The normalized spacial score (nSPS) is 13.7. The molecule has 2 aromatic carbocycles. The molecule has 1 aliphatic heterocycles. The van der Waals surface area contributed by atoms with Gasteiger partial charge in [-0.1, -0.05) is 23.9 Å². The van der Waals surface area contributed by atoms with Crippen LogP contribution < -0.4 is 10.2 Å². The number of anilines is 2. The summed E-state index contributed by atoms with van der Waals surface area (Å²) in [5.74, 6) is 0.963. The Morgan fingerprint density at radius 3 is 2.55 bits per heavy atom. The molecule has 1 saturated heterocycles. The number of halogens is 1. The third kappa shape index (κ3) is 6.50. The summed E-state index contributed by atoms with van der Waals surface area (Å²) in [6.45, 7) is 3.40. The predicted octanol–water partition coefficient (Wildman–Crippen LogP) is 4.14. The van der Waals surface area contributed by atoms with E-state index in [-0.39, 0.29) is 11.7 Å². The second kappa shape index (κ2) is 11.2. The molecule has 1 N–H and O–H groups in total. The van der Waals surface area contributed by atoms with E-state index in [0.29, 0.717) is 42.0 Å². The Labute approximate surface area is 196 Å². The van der Waals surface area contributed by atoms with Crippen molar-refractivity contribution in [3.63, 3.8) is 0 Å². The van der Waals surface area contributed by atoms with E-state index < -0.39 is 0 Å². The van der Waals surface area contributed by atoms with E-state index in [9.17, 15) is 9.18 Å². The van der Waals surface area contributed by atoms with Crippen LogP contribution in [0, 0.1) is 5.82 Å². The minimum atomic E-state index is -0.344. The maximum atomic E-state index is 13.0. The van der Waals surface area contributed by atoms with Crippen LogP contribution in [0.5, 0.6) is 0 Å². The molecular formula is C24H25FN4O3S. The first-order chi connectivity index (χ1) is 16.1. The van der Waals surface area contributed by atoms with Gasteiger partial charge >= 0.3 is 0 Å². The second-order valence-corrected chi connectivity index (χ2v) is 8.42. The van der Waals surface area contributed by atoms with Gasteiger partial charge in [0.25, 0.3) is 5.91 Å². The van der Waals surface area contributed by atoms with Crippen molar-refractivity contribution in [2.75, 3.05) is 43.6 Å². The number of nitrogens with zero attached hydrogens (tertiary/aromatic N) is 3.